The average molecular weight is 454 g/mol. The summed E-state index contributed by atoms with van der Waals surface area (Å²) in [6, 6.07) is 7.09. The number of halogens is 1. The second-order valence-electron chi connectivity index (χ2n) is 8.76. The van der Waals surface area contributed by atoms with Crippen LogP contribution < -0.4 is 5.32 Å². The van der Waals surface area contributed by atoms with Crippen LogP contribution in [0.15, 0.2) is 30.5 Å². The van der Waals surface area contributed by atoms with Crippen LogP contribution in [0.4, 0.5) is 4.39 Å². The summed E-state index contributed by atoms with van der Waals surface area (Å²) in [5.74, 6) is -0.730. The van der Waals surface area contributed by atoms with Crippen molar-refractivity contribution >= 4 is 11.6 Å². The number of nitrogens with zero attached hydrogens (tertiary/aromatic N) is 4. The Morgan fingerprint density at radius 2 is 2.12 bits per heavy atom. The lowest BCUT2D eigenvalue weighted by atomic mass is 10.00. The summed E-state index contributed by atoms with van der Waals surface area (Å²) in [6.45, 7) is 6.66. The molecule has 0 radical (unpaired) electrons. The highest BCUT2D eigenvalue weighted by Gasteiger charge is 2.22. The van der Waals surface area contributed by atoms with Gasteiger partial charge in [-0.05, 0) is 50.8 Å². The first-order valence-corrected chi connectivity index (χ1v) is 11.8. The highest BCUT2D eigenvalue weighted by molar-refractivity contribution is 5.99. The van der Waals surface area contributed by atoms with E-state index in [4.69, 9.17) is 0 Å². The van der Waals surface area contributed by atoms with Crippen molar-refractivity contribution in [3.63, 3.8) is 0 Å². The predicted octanol–water partition coefficient (Wildman–Crippen LogP) is 3.86. The molecule has 2 N–H and O–H groups in total. The molecule has 0 aliphatic carbocycles. The topological polar surface area (TPSA) is 82.8 Å². The fourth-order valence-corrected chi connectivity index (χ4v) is 4.72. The van der Waals surface area contributed by atoms with Crippen molar-refractivity contribution in [2.75, 3.05) is 19.6 Å². The van der Waals surface area contributed by atoms with E-state index in [1.165, 1.54) is 42.5 Å². The van der Waals surface area contributed by atoms with Gasteiger partial charge in [0.05, 0.1) is 6.20 Å². The van der Waals surface area contributed by atoms with Crippen LogP contribution in [-0.2, 0) is 6.42 Å². The molecule has 33 heavy (non-hydrogen) atoms. The minimum absolute atomic E-state index is 0.129. The first-order valence-electron chi connectivity index (χ1n) is 11.8. The van der Waals surface area contributed by atoms with Gasteiger partial charge < -0.3 is 15.3 Å². The van der Waals surface area contributed by atoms with Gasteiger partial charge in [0.2, 0.25) is 5.88 Å². The minimum Gasteiger partial charge on any atom is -0.493 e. The molecule has 1 aliphatic heterocycles. The van der Waals surface area contributed by atoms with E-state index in [0.29, 0.717) is 40.6 Å². The van der Waals surface area contributed by atoms with E-state index in [1.807, 2.05) is 0 Å². The first kappa shape index (κ1) is 23.2. The predicted molar refractivity (Wildman–Crippen MR) is 125 cm³/mol. The van der Waals surface area contributed by atoms with Crippen molar-refractivity contribution in [3.8, 4) is 5.88 Å². The standard InChI is InChI=1S/C25H32FN5O2/c1-3-19-10-6-7-13-30(19)14-8-12-27-24(32)21-16-28-31-23(21)29-17(2)20(25(31)33)15-18-9-4-5-11-22(18)26/h4-5,9,11,16,19,33H,3,6-8,10,12-15H2,1-2H3,(H,27,32). The normalized spacial score (nSPS) is 16.9. The van der Waals surface area contributed by atoms with Crippen LogP contribution in [0.2, 0.25) is 0 Å². The molecule has 3 heterocycles. The molecule has 3 aromatic rings. The number of amides is 1. The number of nitrogens with one attached hydrogen (secondary N) is 1. The molecule has 1 unspecified atom stereocenters. The van der Waals surface area contributed by atoms with Gasteiger partial charge >= 0.3 is 0 Å². The number of aryl methyl sites for hydroxylation is 1. The van der Waals surface area contributed by atoms with Crippen LogP contribution in [0.5, 0.6) is 5.88 Å². The molecule has 2 aromatic heterocycles. The Kier molecular flexibility index (Phi) is 7.23. The maximum Gasteiger partial charge on any atom is 0.256 e. The maximum atomic E-state index is 14.1. The number of likely N-dealkylation sites (tertiary alicyclic amines) is 1. The Balaban J connectivity index is 1.43. The van der Waals surface area contributed by atoms with Gasteiger partial charge in [0.15, 0.2) is 5.65 Å². The van der Waals surface area contributed by atoms with Gasteiger partial charge in [-0.3, -0.25) is 4.79 Å². The number of carbonyl (C=O) groups excluding carboxylic acids is 1. The van der Waals surface area contributed by atoms with Crippen LogP contribution in [0.3, 0.4) is 0 Å². The monoisotopic (exact) mass is 453 g/mol. The maximum absolute atomic E-state index is 14.1. The van der Waals surface area contributed by atoms with Gasteiger partial charge in [-0.1, -0.05) is 31.5 Å². The fraction of sp³-hybridized carbons (Fsp3) is 0.480. The summed E-state index contributed by atoms with van der Waals surface area (Å²) >= 11 is 0. The van der Waals surface area contributed by atoms with Crippen LogP contribution >= 0.6 is 0 Å². The Morgan fingerprint density at radius 3 is 2.91 bits per heavy atom. The summed E-state index contributed by atoms with van der Waals surface area (Å²) in [5, 5.41) is 17.9. The molecular weight excluding hydrogens is 421 g/mol. The van der Waals surface area contributed by atoms with Gasteiger partial charge in [0, 0.05) is 36.8 Å². The smallest absolute Gasteiger partial charge is 0.256 e. The molecule has 1 amide bonds. The summed E-state index contributed by atoms with van der Waals surface area (Å²) < 4.78 is 15.3. The van der Waals surface area contributed by atoms with Gasteiger partial charge in [-0.15, -0.1) is 0 Å². The summed E-state index contributed by atoms with van der Waals surface area (Å²) in [4.78, 5) is 19.8. The van der Waals surface area contributed by atoms with E-state index in [1.54, 1.807) is 25.1 Å². The number of aromatic nitrogens is 3. The van der Waals surface area contributed by atoms with Gasteiger partial charge in [0.1, 0.15) is 11.4 Å². The molecule has 176 valence electrons. The van der Waals surface area contributed by atoms with E-state index >= 15 is 0 Å². The molecule has 1 fully saturated rings. The largest absolute Gasteiger partial charge is 0.493 e. The van der Waals surface area contributed by atoms with E-state index in [9.17, 15) is 14.3 Å². The van der Waals surface area contributed by atoms with Gasteiger partial charge in [0.25, 0.3) is 5.91 Å². The van der Waals surface area contributed by atoms with Crippen molar-refractivity contribution < 1.29 is 14.3 Å². The number of hydrogen-bond acceptors (Lipinski definition) is 5. The van der Waals surface area contributed by atoms with E-state index in [2.05, 4.69) is 27.2 Å². The average Bonchev–Trinajstić information content (AvgIpc) is 3.24. The lowest BCUT2D eigenvalue weighted by Gasteiger charge is -2.35. The van der Waals surface area contributed by atoms with E-state index < -0.39 is 0 Å². The Hall–Kier alpha value is -3.00. The van der Waals surface area contributed by atoms with Crippen molar-refractivity contribution in [2.24, 2.45) is 0 Å². The summed E-state index contributed by atoms with van der Waals surface area (Å²) in [7, 11) is 0. The van der Waals surface area contributed by atoms with E-state index in [-0.39, 0.29) is 24.0 Å². The molecule has 8 heteroatoms. The zero-order valence-corrected chi connectivity index (χ0v) is 19.4. The van der Waals surface area contributed by atoms with Crippen molar-refractivity contribution in [3.05, 3.63) is 58.7 Å². The van der Waals surface area contributed by atoms with Gasteiger partial charge in [-0.2, -0.15) is 9.61 Å². The molecule has 4 rings (SSSR count). The number of hydrogen-bond donors (Lipinski definition) is 2. The molecule has 1 aromatic carbocycles. The highest BCUT2D eigenvalue weighted by atomic mass is 19.1. The van der Waals surface area contributed by atoms with Crippen molar-refractivity contribution in [1.29, 1.82) is 0 Å². The molecule has 7 nitrogen and oxygen atoms in total. The Bertz CT molecular complexity index is 1130. The van der Waals surface area contributed by atoms with Crippen LogP contribution in [0.1, 0.15) is 66.2 Å². The molecule has 1 saturated heterocycles. The minimum atomic E-state index is -0.341. The van der Waals surface area contributed by atoms with Crippen LogP contribution in [0.25, 0.3) is 5.65 Å². The lowest BCUT2D eigenvalue weighted by molar-refractivity contribution is 0.0948. The number of benzene rings is 1. The molecule has 0 saturated carbocycles. The number of aromatic hydroxyl groups is 1. The molecule has 1 atom stereocenters. The third kappa shape index (κ3) is 5.00. The number of fused-ring (bicyclic) bond motifs is 1. The molecular formula is C25H32FN5O2. The number of piperidine rings is 1. The number of carbonyl (C=O) groups is 1. The zero-order valence-electron chi connectivity index (χ0n) is 19.4. The summed E-state index contributed by atoms with van der Waals surface area (Å²) in [5.41, 5.74) is 2.08. The fourth-order valence-electron chi connectivity index (χ4n) is 4.72. The van der Waals surface area contributed by atoms with Crippen molar-refractivity contribution in [1.82, 2.24) is 24.8 Å². The molecule has 0 spiro atoms. The quantitative estimate of drug-likeness (QED) is 0.506. The summed E-state index contributed by atoms with van der Waals surface area (Å²) in [6.07, 6.45) is 7.47. The Morgan fingerprint density at radius 1 is 1.30 bits per heavy atom. The number of rotatable bonds is 8. The SMILES string of the molecule is CCC1CCCCN1CCCNC(=O)c1cnn2c(O)c(Cc3ccccc3F)c(C)nc12. The Labute approximate surface area is 193 Å². The highest BCUT2D eigenvalue weighted by Crippen LogP contribution is 2.26. The third-order valence-corrected chi connectivity index (χ3v) is 6.62. The first-order chi connectivity index (χ1) is 16.0. The lowest BCUT2D eigenvalue weighted by Crippen LogP contribution is -2.40. The van der Waals surface area contributed by atoms with E-state index in [0.717, 1.165) is 19.5 Å². The van der Waals surface area contributed by atoms with Crippen molar-refractivity contribution in [2.45, 2.75) is 58.4 Å². The van der Waals surface area contributed by atoms with Crippen LogP contribution in [0, 0.1) is 12.7 Å². The van der Waals surface area contributed by atoms with Crippen LogP contribution in [-0.4, -0.2) is 56.2 Å². The zero-order chi connectivity index (χ0) is 23.4. The second-order valence-corrected chi connectivity index (χ2v) is 8.76. The molecule has 0 bridgehead atoms. The third-order valence-electron chi connectivity index (χ3n) is 6.62. The second kappa shape index (κ2) is 10.3. The van der Waals surface area contributed by atoms with Gasteiger partial charge in [-0.25, -0.2) is 9.37 Å². The molecule has 1 aliphatic rings.